The Bertz CT molecular complexity index is 745. The number of fused-ring (bicyclic) bond motifs is 1. The lowest BCUT2D eigenvalue weighted by molar-refractivity contribution is 0.0122. The van der Waals surface area contributed by atoms with Gasteiger partial charge in [-0.3, -0.25) is 4.98 Å². The van der Waals surface area contributed by atoms with Gasteiger partial charge in [0.2, 0.25) is 10.0 Å². The Hall–Kier alpha value is -1.21. The van der Waals surface area contributed by atoms with E-state index in [2.05, 4.69) is 4.98 Å². The van der Waals surface area contributed by atoms with Crippen molar-refractivity contribution in [2.24, 2.45) is 0 Å². The van der Waals surface area contributed by atoms with Crippen LogP contribution in [-0.2, 0) is 14.8 Å². The molecule has 0 aliphatic carbocycles. The number of hydrogen-bond donors (Lipinski definition) is 0. The van der Waals surface area contributed by atoms with E-state index in [9.17, 15) is 8.42 Å². The highest BCUT2D eigenvalue weighted by Crippen LogP contribution is 2.26. The van der Waals surface area contributed by atoms with Gasteiger partial charge in [-0.1, -0.05) is 12.1 Å². The van der Waals surface area contributed by atoms with Crippen LogP contribution < -0.4 is 0 Å². The number of morpholine rings is 1. The Morgan fingerprint density at radius 1 is 1.38 bits per heavy atom. The third kappa shape index (κ3) is 2.76. The monoisotopic (exact) mass is 326 g/mol. The van der Waals surface area contributed by atoms with Crippen molar-refractivity contribution in [3.63, 3.8) is 0 Å². The second-order valence-electron chi connectivity index (χ2n) is 4.86. The average molecular weight is 327 g/mol. The first-order valence-corrected chi connectivity index (χ1v) is 8.61. The first-order chi connectivity index (χ1) is 10.1. The van der Waals surface area contributed by atoms with Crippen molar-refractivity contribution in [1.82, 2.24) is 9.29 Å². The zero-order chi connectivity index (χ0) is 14.9. The van der Waals surface area contributed by atoms with E-state index in [1.807, 2.05) is 6.07 Å². The number of rotatable bonds is 3. The topological polar surface area (TPSA) is 59.5 Å². The molecule has 0 saturated carbocycles. The molecule has 1 saturated heterocycles. The van der Waals surface area contributed by atoms with E-state index in [-0.39, 0.29) is 18.5 Å². The average Bonchev–Trinajstić information content (AvgIpc) is 2.54. The Kier molecular flexibility index (Phi) is 4.12. The Morgan fingerprint density at radius 3 is 3.05 bits per heavy atom. The predicted octanol–water partition coefficient (Wildman–Crippen LogP) is 1.86. The highest BCUT2D eigenvalue weighted by atomic mass is 35.5. The molecule has 21 heavy (non-hydrogen) atoms. The molecule has 0 bridgehead atoms. The number of ether oxygens (including phenoxy) is 1. The number of alkyl halides is 1. The Balaban J connectivity index is 2.04. The molecule has 3 rings (SSSR count). The highest BCUT2D eigenvalue weighted by Gasteiger charge is 2.31. The predicted molar refractivity (Wildman–Crippen MR) is 81.0 cm³/mol. The summed E-state index contributed by atoms with van der Waals surface area (Å²) < 4.78 is 32.6. The number of nitrogens with zero attached hydrogens (tertiary/aromatic N) is 2. The largest absolute Gasteiger partial charge is 0.374 e. The number of halogens is 1. The van der Waals surface area contributed by atoms with Gasteiger partial charge in [-0.25, -0.2) is 8.42 Å². The lowest BCUT2D eigenvalue weighted by atomic mass is 10.2. The maximum Gasteiger partial charge on any atom is 0.243 e. The molecule has 1 aromatic heterocycles. The second-order valence-corrected chi connectivity index (χ2v) is 7.08. The zero-order valence-corrected chi connectivity index (χ0v) is 12.8. The molecule has 0 amide bonds. The third-order valence-corrected chi connectivity index (χ3v) is 5.80. The van der Waals surface area contributed by atoms with Crippen molar-refractivity contribution in [1.29, 1.82) is 0 Å². The van der Waals surface area contributed by atoms with Crippen molar-refractivity contribution in [3.05, 3.63) is 36.7 Å². The van der Waals surface area contributed by atoms with Crippen LogP contribution in [0.25, 0.3) is 10.8 Å². The molecule has 0 spiro atoms. The zero-order valence-electron chi connectivity index (χ0n) is 11.3. The summed E-state index contributed by atoms with van der Waals surface area (Å²) in [6.07, 6.45) is 3.00. The maximum absolute atomic E-state index is 12.9. The molecule has 1 aliphatic rings. The summed E-state index contributed by atoms with van der Waals surface area (Å²) >= 11 is 5.78. The fraction of sp³-hybridized carbons (Fsp3) is 0.357. The van der Waals surface area contributed by atoms with Gasteiger partial charge in [0.25, 0.3) is 0 Å². The molecule has 0 radical (unpaired) electrons. The number of aromatic nitrogens is 1. The van der Waals surface area contributed by atoms with Crippen LogP contribution in [0.3, 0.4) is 0 Å². The first kappa shape index (κ1) is 14.7. The molecule has 1 atom stereocenters. The smallest absolute Gasteiger partial charge is 0.243 e. The van der Waals surface area contributed by atoms with Gasteiger partial charge in [0.1, 0.15) is 0 Å². The van der Waals surface area contributed by atoms with E-state index in [0.717, 1.165) is 5.39 Å². The van der Waals surface area contributed by atoms with Gasteiger partial charge in [-0.2, -0.15) is 4.31 Å². The first-order valence-electron chi connectivity index (χ1n) is 6.63. The standard InChI is InChI=1S/C14H15ClN2O3S/c15-8-12-10-17(6-7-20-12)21(18,19)14-3-1-2-11-9-16-5-4-13(11)14/h1-5,9,12H,6-8,10H2. The van der Waals surface area contributed by atoms with E-state index in [1.54, 1.807) is 30.6 Å². The lowest BCUT2D eigenvalue weighted by Crippen LogP contribution is -2.46. The van der Waals surface area contributed by atoms with Gasteiger partial charge in [-0.05, 0) is 12.1 Å². The minimum absolute atomic E-state index is 0.258. The Labute approximate surface area is 128 Å². The summed E-state index contributed by atoms with van der Waals surface area (Å²) in [5.74, 6) is 0.283. The van der Waals surface area contributed by atoms with Crippen molar-refractivity contribution in [2.45, 2.75) is 11.0 Å². The molecule has 1 aliphatic heterocycles. The van der Waals surface area contributed by atoms with Crippen LogP contribution >= 0.6 is 11.6 Å². The summed E-state index contributed by atoms with van der Waals surface area (Å²) in [5.41, 5.74) is 0. The molecule has 2 heterocycles. The molecular weight excluding hydrogens is 312 g/mol. The summed E-state index contributed by atoms with van der Waals surface area (Å²) in [6, 6.07) is 6.93. The molecule has 5 nitrogen and oxygen atoms in total. The van der Waals surface area contributed by atoms with Crippen molar-refractivity contribution in [2.75, 3.05) is 25.6 Å². The normalized spacial score (nSPS) is 20.7. The minimum Gasteiger partial charge on any atom is -0.374 e. The molecule has 1 aromatic carbocycles. The summed E-state index contributed by atoms with van der Waals surface area (Å²) in [5, 5.41) is 1.49. The number of benzene rings is 1. The number of hydrogen-bond acceptors (Lipinski definition) is 4. The van der Waals surface area contributed by atoms with Gasteiger partial charge in [0.05, 0.1) is 17.6 Å². The molecular formula is C14H15ClN2O3S. The Morgan fingerprint density at radius 2 is 2.24 bits per heavy atom. The van der Waals surface area contributed by atoms with Crippen LogP contribution in [0.4, 0.5) is 0 Å². The van der Waals surface area contributed by atoms with Crippen LogP contribution in [-0.4, -0.2) is 49.4 Å². The van der Waals surface area contributed by atoms with E-state index < -0.39 is 10.0 Å². The van der Waals surface area contributed by atoms with Gasteiger partial charge in [0.15, 0.2) is 0 Å². The fourth-order valence-corrected chi connectivity index (χ4v) is 4.32. The van der Waals surface area contributed by atoms with Crippen molar-refractivity contribution >= 4 is 32.4 Å². The molecule has 112 valence electrons. The van der Waals surface area contributed by atoms with Gasteiger partial charge in [-0.15, -0.1) is 11.6 Å². The third-order valence-electron chi connectivity index (χ3n) is 3.53. The molecule has 0 N–H and O–H groups in total. The van der Waals surface area contributed by atoms with E-state index in [4.69, 9.17) is 16.3 Å². The molecule has 1 fully saturated rings. The second kappa shape index (κ2) is 5.88. The van der Waals surface area contributed by atoms with Gasteiger partial charge >= 0.3 is 0 Å². The lowest BCUT2D eigenvalue weighted by Gasteiger charge is -2.31. The van der Waals surface area contributed by atoms with Crippen molar-refractivity contribution < 1.29 is 13.2 Å². The summed E-state index contributed by atoms with van der Waals surface area (Å²) in [7, 11) is -3.56. The molecule has 1 unspecified atom stereocenters. The van der Waals surface area contributed by atoms with Gasteiger partial charge < -0.3 is 4.74 Å². The van der Waals surface area contributed by atoms with Crippen LogP contribution in [0.1, 0.15) is 0 Å². The van der Waals surface area contributed by atoms with Gasteiger partial charge in [0, 0.05) is 42.1 Å². The van der Waals surface area contributed by atoms with Crippen LogP contribution in [0.5, 0.6) is 0 Å². The van der Waals surface area contributed by atoms with Crippen LogP contribution in [0, 0.1) is 0 Å². The summed E-state index contributed by atoms with van der Waals surface area (Å²) in [6.45, 7) is 0.993. The minimum atomic E-state index is -3.56. The van der Waals surface area contributed by atoms with Crippen LogP contribution in [0.2, 0.25) is 0 Å². The number of sulfonamides is 1. The highest BCUT2D eigenvalue weighted by molar-refractivity contribution is 7.89. The van der Waals surface area contributed by atoms with E-state index >= 15 is 0 Å². The van der Waals surface area contributed by atoms with E-state index in [0.29, 0.717) is 23.4 Å². The molecule has 2 aromatic rings. The fourth-order valence-electron chi connectivity index (χ4n) is 2.46. The van der Waals surface area contributed by atoms with Crippen molar-refractivity contribution in [3.8, 4) is 0 Å². The summed E-state index contributed by atoms with van der Waals surface area (Å²) in [4.78, 5) is 4.33. The molecule has 7 heteroatoms. The number of pyridine rings is 1. The SMILES string of the molecule is O=S(=O)(c1cccc2cnccc12)N1CCOC(CCl)C1. The maximum atomic E-state index is 12.9. The van der Waals surface area contributed by atoms with E-state index in [1.165, 1.54) is 4.31 Å². The van der Waals surface area contributed by atoms with Crippen LogP contribution in [0.15, 0.2) is 41.6 Å². The quantitative estimate of drug-likeness (QED) is 0.808.